The van der Waals surface area contributed by atoms with Crippen LogP contribution in [-0.2, 0) is 22.8 Å². The fraction of sp³-hybridized carbons (Fsp3) is 0.133. The lowest BCUT2D eigenvalue weighted by Crippen LogP contribution is -2.15. The molecule has 0 spiro atoms. The van der Waals surface area contributed by atoms with E-state index in [0.29, 0.717) is 5.69 Å². The number of aryl methyl sites for hydroxylation is 1. The highest BCUT2D eigenvalue weighted by Crippen LogP contribution is 2.20. The van der Waals surface area contributed by atoms with Gasteiger partial charge in [0.05, 0.1) is 23.2 Å². The molecular formula is C15H15N3O2S. The number of nitrogens with one attached hydrogen (secondary N) is 1. The molecule has 0 fully saturated rings. The van der Waals surface area contributed by atoms with Gasteiger partial charge < -0.3 is 0 Å². The van der Waals surface area contributed by atoms with Crippen LogP contribution in [0.25, 0.3) is 10.9 Å². The maximum atomic E-state index is 12.2. The van der Waals surface area contributed by atoms with E-state index in [4.69, 9.17) is 0 Å². The van der Waals surface area contributed by atoms with Crippen molar-refractivity contribution in [3.05, 3.63) is 60.3 Å². The molecule has 0 aliphatic heterocycles. The van der Waals surface area contributed by atoms with Gasteiger partial charge in [-0.2, -0.15) is 5.10 Å². The summed E-state index contributed by atoms with van der Waals surface area (Å²) >= 11 is 0. The Hall–Kier alpha value is -2.34. The summed E-state index contributed by atoms with van der Waals surface area (Å²) in [6.45, 7) is 0. The van der Waals surface area contributed by atoms with Crippen LogP contribution >= 0.6 is 0 Å². The monoisotopic (exact) mass is 301 g/mol. The summed E-state index contributed by atoms with van der Waals surface area (Å²) < 4.78 is 28.7. The van der Waals surface area contributed by atoms with Gasteiger partial charge in [-0.25, -0.2) is 8.42 Å². The Kier molecular flexibility index (Phi) is 3.39. The molecule has 0 saturated carbocycles. The zero-order valence-electron chi connectivity index (χ0n) is 11.5. The van der Waals surface area contributed by atoms with Crippen molar-refractivity contribution in [2.24, 2.45) is 7.05 Å². The van der Waals surface area contributed by atoms with Crippen LogP contribution in [0.4, 0.5) is 5.69 Å². The number of nitrogens with zero attached hydrogens (tertiary/aromatic N) is 2. The van der Waals surface area contributed by atoms with Gasteiger partial charge in [-0.15, -0.1) is 0 Å². The molecule has 1 heterocycles. The van der Waals surface area contributed by atoms with Crippen LogP contribution in [0.5, 0.6) is 0 Å². The molecule has 0 radical (unpaired) electrons. The van der Waals surface area contributed by atoms with Gasteiger partial charge >= 0.3 is 0 Å². The molecule has 0 aliphatic rings. The molecule has 0 bridgehead atoms. The summed E-state index contributed by atoms with van der Waals surface area (Å²) in [6.07, 6.45) is 1.75. The van der Waals surface area contributed by atoms with E-state index >= 15 is 0 Å². The van der Waals surface area contributed by atoms with Gasteiger partial charge in [0.25, 0.3) is 0 Å². The Balaban J connectivity index is 1.85. The van der Waals surface area contributed by atoms with Crippen molar-refractivity contribution < 1.29 is 8.42 Å². The fourth-order valence-corrected chi connectivity index (χ4v) is 3.41. The second kappa shape index (κ2) is 5.21. The molecule has 1 aromatic heterocycles. The van der Waals surface area contributed by atoms with Crippen molar-refractivity contribution >= 4 is 26.6 Å². The largest absolute Gasteiger partial charge is 0.283 e. The Bertz CT molecular complexity index is 870. The van der Waals surface area contributed by atoms with Crippen LogP contribution in [0.2, 0.25) is 0 Å². The van der Waals surface area contributed by atoms with E-state index in [0.717, 1.165) is 16.5 Å². The minimum atomic E-state index is -3.43. The molecule has 0 unspecified atom stereocenters. The Morgan fingerprint density at radius 2 is 1.90 bits per heavy atom. The number of benzene rings is 2. The number of hydrogen-bond donors (Lipinski definition) is 1. The summed E-state index contributed by atoms with van der Waals surface area (Å²) in [5, 5.41) is 5.12. The van der Waals surface area contributed by atoms with Gasteiger partial charge in [0.1, 0.15) is 0 Å². The average Bonchev–Trinajstić information content (AvgIpc) is 2.80. The van der Waals surface area contributed by atoms with Gasteiger partial charge in [0.15, 0.2) is 0 Å². The molecule has 2 aromatic carbocycles. The van der Waals surface area contributed by atoms with Crippen LogP contribution < -0.4 is 4.72 Å². The molecule has 5 nitrogen and oxygen atoms in total. The van der Waals surface area contributed by atoms with Crippen LogP contribution in [0.3, 0.4) is 0 Å². The van der Waals surface area contributed by atoms with Crippen molar-refractivity contribution in [2.75, 3.05) is 4.72 Å². The summed E-state index contributed by atoms with van der Waals surface area (Å²) in [5.41, 5.74) is 2.18. The van der Waals surface area contributed by atoms with Crippen molar-refractivity contribution in [2.45, 2.75) is 5.75 Å². The molecule has 6 heteroatoms. The SMILES string of the molecule is Cn1ncc2ccc(NS(=O)(=O)Cc3ccccc3)cc21. The minimum Gasteiger partial charge on any atom is -0.283 e. The molecule has 3 rings (SSSR count). The summed E-state index contributed by atoms with van der Waals surface area (Å²) in [6, 6.07) is 14.5. The average molecular weight is 301 g/mol. The zero-order chi connectivity index (χ0) is 14.9. The van der Waals surface area contributed by atoms with Gasteiger partial charge in [-0.05, 0) is 23.8 Å². The van der Waals surface area contributed by atoms with E-state index in [1.807, 2.05) is 31.3 Å². The molecule has 0 saturated heterocycles. The Labute approximate surface area is 123 Å². The third-order valence-electron chi connectivity index (χ3n) is 3.22. The Morgan fingerprint density at radius 3 is 2.67 bits per heavy atom. The van der Waals surface area contributed by atoms with Crippen molar-refractivity contribution in [3.63, 3.8) is 0 Å². The van der Waals surface area contributed by atoms with E-state index in [1.165, 1.54) is 0 Å². The summed E-state index contributed by atoms with van der Waals surface area (Å²) in [4.78, 5) is 0. The van der Waals surface area contributed by atoms with Crippen molar-refractivity contribution in [1.29, 1.82) is 0 Å². The van der Waals surface area contributed by atoms with E-state index in [-0.39, 0.29) is 5.75 Å². The first kappa shape index (κ1) is 13.6. The lowest BCUT2D eigenvalue weighted by atomic mass is 10.2. The van der Waals surface area contributed by atoms with Gasteiger partial charge in [-0.3, -0.25) is 9.40 Å². The first-order valence-electron chi connectivity index (χ1n) is 6.50. The maximum absolute atomic E-state index is 12.2. The smallest absolute Gasteiger partial charge is 0.236 e. The number of hydrogen-bond acceptors (Lipinski definition) is 3. The van der Waals surface area contributed by atoms with Gasteiger partial charge in [-0.1, -0.05) is 30.3 Å². The van der Waals surface area contributed by atoms with E-state index in [1.54, 1.807) is 35.1 Å². The number of anilines is 1. The second-order valence-electron chi connectivity index (χ2n) is 4.89. The van der Waals surface area contributed by atoms with Crippen molar-refractivity contribution in [3.8, 4) is 0 Å². The molecule has 3 aromatic rings. The Morgan fingerprint density at radius 1 is 1.14 bits per heavy atom. The van der Waals surface area contributed by atoms with Crippen molar-refractivity contribution in [1.82, 2.24) is 9.78 Å². The molecule has 0 aliphatic carbocycles. The lowest BCUT2D eigenvalue weighted by Gasteiger charge is -2.08. The lowest BCUT2D eigenvalue weighted by molar-refractivity contribution is 0.600. The summed E-state index contributed by atoms with van der Waals surface area (Å²) in [5.74, 6) is -0.0444. The molecule has 108 valence electrons. The number of fused-ring (bicyclic) bond motifs is 1. The summed E-state index contributed by atoms with van der Waals surface area (Å²) in [7, 11) is -1.61. The van der Waals surface area contributed by atoms with Gasteiger partial charge in [0, 0.05) is 12.4 Å². The van der Waals surface area contributed by atoms with E-state index in [9.17, 15) is 8.42 Å². The first-order chi connectivity index (χ1) is 10.0. The molecule has 0 amide bonds. The normalized spacial score (nSPS) is 11.7. The number of sulfonamides is 1. The molecule has 0 atom stereocenters. The third-order valence-corrected chi connectivity index (χ3v) is 4.48. The highest BCUT2D eigenvalue weighted by molar-refractivity contribution is 7.91. The second-order valence-corrected chi connectivity index (χ2v) is 6.61. The van der Waals surface area contributed by atoms with Crippen LogP contribution in [0, 0.1) is 0 Å². The number of rotatable bonds is 4. The standard InChI is InChI=1S/C15H15N3O2S/c1-18-15-9-14(8-7-13(15)10-16-18)17-21(19,20)11-12-5-3-2-4-6-12/h2-10,17H,11H2,1H3. The number of aromatic nitrogens is 2. The van der Waals surface area contributed by atoms with Crippen LogP contribution in [0.1, 0.15) is 5.56 Å². The predicted octanol–water partition coefficient (Wildman–Crippen LogP) is 2.52. The highest BCUT2D eigenvalue weighted by atomic mass is 32.2. The predicted molar refractivity (Wildman–Crippen MR) is 83.4 cm³/mol. The first-order valence-corrected chi connectivity index (χ1v) is 8.15. The maximum Gasteiger partial charge on any atom is 0.236 e. The quantitative estimate of drug-likeness (QED) is 0.805. The van der Waals surface area contributed by atoms with Gasteiger partial charge in [0.2, 0.25) is 10.0 Å². The topological polar surface area (TPSA) is 64.0 Å². The molecule has 21 heavy (non-hydrogen) atoms. The van der Waals surface area contributed by atoms with E-state index in [2.05, 4.69) is 9.82 Å². The fourth-order valence-electron chi connectivity index (χ4n) is 2.22. The molecular weight excluding hydrogens is 286 g/mol. The molecule has 1 N–H and O–H groups in total. The zero-order valence-corrected chi connectivity index (χ0v) is 12.3. The van der Waals surface area contributed by atoms with E-state index < -0.39 is 10.0 Å². The highest BCUT2D eigenvalue weighted by Gasteiger charge is 2.12. The minimum absolute atomic E-state index is 0.0444. The third kappa shape index (κ3) is 3.05. The van der Waals surface area contributed by atoms with Crippen LogP contribution in [0.15, 0.2) is 54.7 Å². The van der Waals surface area contributed by atoms with Crippen LogP contribution in [-0.4, -0.2) is 18.2 Å².